The zero-order valence-electron chi connectivity index (χ0n) is 18.5. The number of benzene rings is 3. The molecule has 1 aromatic heterocycles. The monoisotopic (exact) mass is 573 g/mol. The average molecular weight is 574 g/mol. The highest BCUT2D eigenvalue weighted by Crippen LogP contribution is 2.23. The van der Waals surface area contributed by atoms with Gasteiger partial charge < -0.3 is 9.30 Å². The number of anilines is 1. The Bertz CT molecular complexity index is 1580. The summed E-state index contributed by atoms with van der Waals surface area (Å²) in [4.78, 5) is 29.9. The van der Waals surface area contributed by atoms with Gasteiger partial charge in [-0.25, -0.2) is 8.42 Å². The summed E-state index contributed by atoms with van der Waals surface area (Å²) in [5.74, 6) is -1.02. The van der Waals surface area contributed by atoms with Crippen LogP contribution in [0.2, 0.25) is 0 Å². The molecule has 35 heavy (non-hydrogen) atoms. The number of sulfonamides is 1. The minimum atomic E-state index is -3.81. The summed E-state index contributed by atoms with van der Waals surface area (Å²) < 4.78 is 36.1. The number of carbonyl (C=O) groups is 2. The van der Waals surface area contributed by atoms with Crippen LogP contribution in [-0.2, 0) is 26.1 Å². The molecular formula is C24H20BrN3O5S2. The van der Waals surface area contributed by atoms with Crippen LogP contribution in [0.3, 0.4) is 0 Å². The van der Waals surface area contributed by atoms with Gasteiger partial charge in [-0.2, -0.15) is 4.99 Å². The second-order valence-corrected chi connectivity index (χ2v) is 10.9. The van der Waals surface area contributed by atoms with Gasteiger partial charge in [0.05, 0.1) is 21.7 Å². The summed E-state index contributed by atoms with van der Waals surface area (Å²) in [5, 5.41) is 0. The second-order valence-electron chi connectivity index (χ2n) is 7.30. The third-order valence-corrected chi connectivity index (χ3v) is 7.78. The van der Waals surface area contributed by atoms with E-state index in [1.807, 2.05) is 18.2 Å². The van der Waals surface area contributed by atoms with E-state index in [2.05, 4.69) is 25.6 Å². The predicted octanol–water partition coefficient (Wildman–Crippen LogP) is 4.57. The Morgan fingerprint density at radius 2 is 1.83 bits per heavy atom. The van der Waals surface area contributed by atoms with Crippen molar-refractivity contribution in [3.05, 3.63) is 87.6 Å². The first-order valence-electron chi connectivity index (χ1n) is 10.5. The zero-order chi connectivity index (χ0) is 25.0. The number of rotatable bonds is 7. The van der Waals surface area contributed by atoms with Gasteiger partial charge in [-0.3, -0.25) is 14.3 Å². The van der Waals surface area contributed by atoms with Crippen LogP contribution in [0.4, 0.5) is 5.69 Å². The Morgan fingerprint density at radius 3 is 2.57 bits per heavy atom. The van der Waals surface area contributed by atoms with E-state index in [0.29, 0.717) is 4.80 Å². The van der Waals surface area contributed by atoms with Gasteiger partial charge in [0.25, 0.3) is 15.9 Å². The number of hydrogen-bond donors (Lipinski definition) is 1. The van der Waals surface area contributed by atoms with Gasteiger partial charge in [-0.05, 0) is 55.5 Å². The van der Waals surface area contributed by atoms with E-state index in [4.69, 9.17) is 4.74 Å². The number of nitrogens with one attached hydrogen (secondary N) is 1. The van der Waals surface area contributed by atoms with E-state index < -0.39 is 21.9 Å². The minimum Gasteiger partial charge on any atom is -0.465 e. The first-order chi connectivity index (χ1) is 16.8. The fourth-order valence-electron chi connectivity index (χ4n) is 3.30. The fourth-order valence-corrected chi connectivity index (χ4v) is 5.95. The lowest BCUT2D eigenvalue weighted by Gasteiger charge is -2.08. The number of amides is 1. The molecule has 1 heterocycles. The molecule has 0 saturated heterocycles. The van der Waals surface area contributed by atoms with E-state index >= 15 is 0 Å². The van der Waals surface area contributed by atoms with Crippen LogP contribution in [0.25, 0.3) is 10.2 Å². The Balaban J connectivity index is 1.69. The van der Waals surface area contributed by atoms with Crippen LogP contribution < -0.4 is 9.52 Å². The highest BCUT2D eigenvalue weighted by Gasteiger charge is 2.16. The van der Waals surface area contributed by atoms with Crippen molar-refractivity contribution >= 4 is 65.1 Å². The predicted molar refractivity (Wildman–Crippen MR) is 138 cm³/mol. The molecule has 180 valence electrons. The van der Waals surface area contributed by atoms with Gasteiger partial charge in [0.15, 0.2) is 4.80 Å². The van der Waals surface area contributed by atoms with E-state index in [9.17, 15) is 18.0 Å². The lowest BCUT2D eigenvalue weighted by molar-refractivity contribution is -0.143. The molecule has 0 aliphatic carbocycles. The molecular weight excluding hydrogens is 554 g/mol. The minimum absolute atomic E-state index is 0.0987. The van der Waals surface area contributed by atoms with Gasteiger partial charge >= 0.3 is 5.97 Å². The molecule has 11 heteroatoms. The zero-order valence-corrected chi connectivity index (χ0v) is 21.7. The molecule has 0 bridgehead atoms. The van der Waals surface area contributed by atoms with E-state index in [-0.39, 0.29) is 29.3 Å². The molecule has 3 aromatic carbocycles. The summed E-state index contributed by atoms with van der Waals surface area (Å²) >= 11 is 4.69. The fraction of sp³-hybridized carbons (Fsp3) is 0.125. The number of thiazole rings is 1. The largest absolute Gasteiger partial charge is 0.465 e. The van der Waals surface area contributed by atoms with Gasteiger partial charge in [0.2, 0.25) is 0 Å². The normalized spacial score (nSPS) is 12.0. The van der Waals surface area contributed by atoms with Crippen molar-refractivity contribution in [1.29, 1.82) is 0 Å². The Kier molecular flexibility index (Phi) is 7.48. The Labute approximate surface area is 214 Å². The summed E-state index contributed by atoms with van der Waals surface area (Å²) in [6.07, 6.45) is 0. The molecule has 8 nitrogen and oxygen atoms in total. The lowest BCUT2D eigenvalue weighted by Crippen LogP contribution is -2.23. The van der Waals surface area contributed by atoms with Crippen LogP contribution in [-0.4, -0.2) is 31.5 Å². The van der Waals surface area contributed by atoms with Gasteiger partial charge in [0, 0.05) is 15.7 Å². The molecule has 1 N–H and O–H groups in total. The molecule has 0 aliphatic heterocycles. The number of halogens is 1. The molecule has 4 rings (SSSR count). The number of esters is 1. The first kappa shape index (κ1) is 24.8. The van der Waals surface area contributed by atoms with Gasteiger partial charge in [-0.15, -0.1) is 0 Å². The Morgan fingerprint density at radius 1 is 1.06 bits per heavy atom. The van der Waals surface area contributed by atoms with Crippen molar-refractivity contribution < 1.29 is 22.7 Å². The van der Waals surface area contributed by atoms with Crippen molar-refractivity contribution in [2.45, 2.75) is 18.4 Å². The highest BCUT2D eigenvalue weighted by molar-refractivity contribution is 9.10. The smallest absolute Gasteiger partial charge is 0.326 e. The Hall–Kier alpha value is -3.28. The van der Waals surface area contributed by atoms with Crippen molar-refractivity contribution in [3.8, 4) is 0 Å². The highest BCUT2D eigenvalue weighted by atomic mass is 79.9. The van der Waals surface area contributed by atoms with Crippen molar-refractivity contribution in [2.24, 2.45) is 4.99 Å². The number of nitrogens with zero attached hydrogens (tertiary/aromatic N) is 2. The SMILES string of the molecule is CCOC(=O)Cn1c(=NC(=O)c2cccc(NS(=O)(=O)c3ccccc3)c2)sc2cc(Br)ccc21. The number of aromatic nitrogens is 1. The van der Waals surface area contributed by atoms with Crippen molar-refractivity contribution in [3.63, 3.8) is 0 Å². The summed E-state index contributed by atoms with van der Waals surface area (Å²) in [5.41, 5.74) is 1.16. The maximum absolute atomic E-state index is 13.0. The molecule has 0 atom stereocenters. The molecule has 0 fully saturated rings. The van der Waals surface area contributed by atoms with E-state index in [1.165, 1.54) is 29.5 Å². The number of carbonyl (C=O) groups excluding carboxylic acids is 2. The number of fused-ring (bicyclic) bond motifs is 1. The number of hydrogen-bond acceptors (Lipinski definition) is 6. The van der Waals surface area contributed by atoms with Crippen molar-refractivity contribution in [2.75, 3.05) is 11.3 Å². The van der Waals surface area contributed by atoms with Crippen LogP contribution in [0.1, 0.15) is 17.3 Å². The third-order valence-electron chi connectivity index (χ3n) is 4.85. The molecule has 0 aliphatic rings. The number of ether oxygens (including phenoxy) is 1. The standard InChI is InChI=1S/C24H20BrN3O5S2/c1-2-33-22(29)15-28-20-12-11-17(25)14-21(20)34-24(28)26-23(30)16-7-6-8-18(13-16)27-35(31,32)19-9-4-3-5-10-19/h3-14,27H,2,15H2,1H3. The molecule has 4 aromatic rings. The summed E-state index contributed by atoms with van der Waals surface area (Å²) in [6.45, 7) is 1.86. The first-order valence-corrected chi connectivity index (χ1v) is 13.6. The molecule has 0 saturated carbocycles. The molecule has 0 spiro atoms. The van der Waals surface area contributed by atoms with Crippen LogP contribution >= 0.6 is 27.3 Å². The quantitative estimate of drug-likeness (QED) is 0.326. The third kappa shape index (κ3) is 5.87. The van der Waals surface area contributed by atoms with E-state index in [1.54, 1.807) is 47.9 Å². The maximum Gasteiger partial charge on any atom is 0.326 e. The van der Waals surface area contributed by atoms with E-state index in [0.717, 1.165) is 14.7 Å². The van der Waals surface area contributed by atoms with Gasteiger partial charge in [-0.1, -0.05) is 51.5 Å². The summed E-state index contributed by atoms with van der Waals surface area (Å²) in [7, 11) is -3.81. The molecule has 0 radical (unpaired) electrons. The molecule has 1 amide bonds. The van der Waals surface area contributed by atoms with Crippen LogP contribution in [0.5, 0.6) is 0 Å². The van der Waals surface area contributed by atoms with Crippen molar-refractivity contribution in [1.82, 2.24) is 4.57 Å². The summed E-state index contributed by atoms with van der Waals surface area (Å²) in [6, 6.07) is 19.6. The topological polar surface area (TPSA) is 107 Å². The second kappa shape index (κ2) is 10.5. The molecule has 0 unspecified atom stereocenters. The average Bonchev–Trinajstić information content (AvgIpc) is 3.15. The van der Waals surface area contributed by atoms with Crippen LogP contribution in [0.15, 0.2) is 87.2 Å². The maximum atomic E-state index is 13.0. The van der Waals surface area contributed by atoms with Crippen LogP contribution in [0, 0.1) is 0 Å². The lowest BCUT2D eigenvalue weighted by atomic mass is 10.2. The van der Waals surface area contributed by atoms with Gasteiger partial charge in [0.1, 0.15) is 6.54 Å².